The van der Waals surface area contributed by atoms with Gasteiger partial charge in [-0.1, -0.05) is 305 Å². The molecule has 19 rings (SSSR count). The largest absolute Gasteiger partial charge is 0.394 e. The molecule has 3 aliphatic rings. The number of hydrogen-bond donors (Lipinski definition) is 7. The van der Waals surface area contributed by atoms with Crippen LogP contribution < -0.4 is 32.7 Å². The van der Waals surface area contributed by atoms with Gasteiger partial charge in [0.1, 0.15) is 48.7 Å². The van der Waals surface area contributed by atoms with Crippen molar-refractivity contribution < 1.29 is 24.1 Å². The number of aliphatic hydroxyl groups excluding tert-OH is 1. The molecule has 3 aliphatic heterocycles. The van der Waals surface area contributed by atoms with Gasteiger partial charge in [0.15, 0.2) is 39.9 Å². The zero-order chi connectivity index (χ0) is 81.1. The number of fused-ring (bicyclic) bond motifs is 3. The number of nitrogen functional groups attached to an aromatic ring is 2. The number of nitrogens with one attached hydrogen (secondary N) is 4. The first kappa shape index (κ1) is 78.2. The summed E-state index contributed by atoms with van der Waals surface area (Å²) >= 11 is 0. The molecule has 3 unspecified atom stereocenters. The van der Waals surface area contributed by atoms with Gasteiger partial charge in [-0.15, -0.1) is 0 Å². The van der Waals surface area contributed by atoms with Crippen LogP contribution in [0.25, 0.3) is 33.5 Å². The molecule has 3 fully saturated rings. The molecule has 0 bridgehead atoms. The fourth-order valence-corrected chi connectivity index (χ4v) is 17.5. The first-order valence-corrected chi connectivity index (χ1v) is 40.4. The number of aromatic nitrogens is 12. The summed E-state index contributed by atoms with van der Waals surface area (Å²) in [5.74, 6) is 0.811. The number of nitrogens with two attached hydrogens (primary N) is 2. The van der Waals surface area contributed by atoms with Crippen LogP contribution in [0.15, 0.2) is 341 Å². The number of carbonyl (C=O) groups is 1. The Bertz CT molecular complexity index is 5470. The predicted octanol–water partition coefficient (Wildman–Crippen LogP) is 15.4. The predicted molar refractivity (Wildman–Crippen MR) is 461 cm³/mol. The molecular formula is C96H92N18O5. The van der Waals surface area contributed by atoms with Crippen LogP contribution in [-0.4, -0.2) is 113 Å². The van der Waals surface area contributed by atoms with E-state index in [9.17, 15) is 9.90 Å². The Kier molecular flexibility index (Phi) is 23.1. The Morgan fingerprint density at radius 3 is 0.891 bits per heavy atom. The Balaban J connectivity index is 0.000000129. The van der Waals surface area contributed by atoms with Crippen molar-refractivity contribution in [1.82, 2.24) is 74.5 Å². The van der Waals surface area contributed by atoms with Crippen LogP contribution >= 0.6 is 0 Å². The number of amides is 1. The maximum absolute atomic E-state index is 12.9. The molecule has 0 aliphatic carbocycles. The fraction of sp³-hybridized carbons (Fsp3) is 0.208. The van der Waals surface area contributed by atoms with Gasteiger partial charge >= 0.3 is 0 Å². The second kappa shape index (κ2) is 35.2. The maximum atomic E-state index is 12.9. The van der Waals surface area contributed by atoms with E-state index in [1.807, 2.05) is 50.1 Å². The van der Waals surface area contributed by atoms with Crippen LogP contribution in [-0.2, 0) is 30.8 Å². The lowest BCUT2D eigenvalue weighted by molar-refractivity contribution is -0.0264. The smallest absolute Gasteiger partial charge is 0.256 e. The third-order valence-corrected chi connectivity index (χ3v) is 23.1. The van der Waals surface area contributed by atoms with Crippen molar-refractivity contribution in [3.8, 4) is 0 Å². The highest BCUT2D eigenvalue weighted by Crippen LogP contribution is 2.46. The molecule has 596 valence electrons. The van der Waals surface area contributed by atoms with Gasteiger partial charge < -0.3 is 36.1 Å². The number of imidazole rings is 3. The topological polar surface area (TPSA) is 296 Å². The molecule has 1 amide bonds. The van der Waals surface area contributed by atoms with E-state index in [2.05, 4.69) is 335 Å². The van der Waals surface area contributed by atoms with Crippen LogP contribution in [0.2, 0.25) is 0 Å². The van der Waals surface area contributed by atoms with E-state index in [4.69, 9.17) is 25.7 Å². The minimum absolute atomic E-state index is 0.00263. The van der Waals surface area contributed by atoms with E-state index in [1.165, 1.54) is 35.7 Å². The van der Waals surface area contributed by atoms with E-state index in [1.54, 1.807) is 31.1 Å². The monoisotopic (exact) mass is 1580 g/mol. The lowest BCUT2D eigenvalue weighted by Gasteiger charge is -2.40. The van der Waals surface area contributed by atoms with Gasteiger partial charge in [-0.25, -0.2) is 44.9 Å². The molecule has 10 aromatic carbocycles. The molecule has 23 nitrogen and oxygen atoms in total. The number of ether oxygens (including phenoxy) is 3. The van der Waals surface area contributed by atoms with Gasteiger partial charge in [0.2, 0.25) is 0 Å². The van der Waals surface area contributed by atoms with Crippen molar-refractivity contribution in [3.05, 3.63) is 397 Å². The van der Waals surface area contributed by atoms with Crippen molar-refractivity contribution in [1.29, 1.82) is 0 Å². The van der Waals surface area contributed by atoms with Crippen LogP contribution in [0.1, 0.15) is 125 Å². The highest BCUT2D eigenvalue weighted by atomic mass is 16.5. The minimum atomic E-state index is -0.677. The molecular weight excluding hydrogens is 1490 g/mol. The number of aliphatic hydroxyl groups is 1. The van der Waals surface area contributed by atoms with Crippen LogP contribution in [0.3, 0.4) is 0 Å². The van der Waals surface area contributed by atoms with Crippen molar-refractivity contribution in [2.75, 3.05) is 23.4 Å². The summed E-state index contributed by atoms with van der Waals surface area (Å²) in [6.45, 7) is 4.19. The Labute approximate surface area is 689 Å². The molecule has 3 saturated heterocycles. The molecule has 6 aromatic heterocycles. The van der Waals surface area contributed by atoms with Crippen molar-refractivity contribution >= 4 is 56.9 Å². The standard InChI is InChI=1S/C37H34N6O2.C30H30N6O.C29H28N6O2/c1-2-31-30(42-37(27-17-9-4-10-18-27,28-19-11-5-12-20-28)29-21-13-6-14-22-29)23-32(45-31)43-25-40-33-34(38-24-39-35(33)43)41-36(44)26-15-7-3-8-16-26;1-2-25-24(18-26(37-25)36-20-34-27-28(31)32-19-33-29(27)36)35-30(21-12-6-3-7-13-21,22-14-8-4-9-15-22)23-16-10-5-11-17-23;30-27-26-28(32-18-31-27)35(19-33-26)25-16-23(24(17-36)37-25)34-29(20-10-4-1-5-11-20,21-12-6-2-7-13-21)22-14-8-3-9-15-22/h3-22,24-25,30-32,42H,2,23H2,1H3,(H,38,39,41,44);3-17,19-20,24-26,35H,2,18H2,1H3,(H2,31,32,33);1-15,18-19,23-25,34,36H,16-17H2,(H2,30,31,32)/t30?,31-,32-;24?,25-,26-;23?,24-,25-/m111/s1. The first-order valence-electron chi connectivity index (χ1n) is 40.4. The van der Waals surface area contributed by atoms with E-state index in [0.717, 1.165) is 52.6 Å². The molecule has 0 saturated carbocycles. The van der Waals surface area contributed by atoms with E-state index in [-0.39, 0.29) is 61.5 Å². The number of carbonyl (C=O) groups excluding carboxylic acids is 1. The summed E-state index contributed by atoms with van der Waals surface area (Å²) in [6.07, 6.45) is 11.8. The number of rotatable bonds is 23. The van der Waals surface area contributed by atoms with Crippen molar-refractivity contribution in [3.63, 3.8) is 0 Å². The Hall–Kier alpha value is -13.4. The number of anilines is 3. The molecule has 9 N–H and O–H groups in total. The Morgan fingerprint density at radius 2 is 0.605 bits per heavy atom. The minimum Gasteiger partial charge on any atom is -0.394 e. The van der Waals surface area contributed by atoms with Gasteiger partial charge in [-0.05, 0) is 75.0 Å². The first-order chi connectivity index (χ1) is 58.6. The summed E-state index contributed by atoms with van der Waals surface area (Å²) in [5, 5.41) is 25.5. The number of benzene rings is 10. The molecule has 0 radical (unpaired) electrons. The van der Waals surface area contributed by atoms with Crippen molar-refractivity contribution in [2.24, 2.45) is 0 Å². The summed E-state index contributed by atoms with van der Waals surface area (Å²) < 4.78 is 25.5. The average Bonchev–Trinajstić information content (AvgIpc) is 1.71. The Morgan fingerprint density at radius 1 is 0.353 bits per heavy atom. The van der Waals surface area contributed by atoms with E-state index in [0.29, 0.717) is 69.4 Å². The molecule has 9 heterocycles. The second-order valence-electron chi connectivity index (χ2n) is 29.9. The van der Waals surface area contributed by atoms with E-state index >= 15 is 0 Å². The number of hydrogen-bond acceptors (Lipinski definition) is 19. The van der Waals surface area contributed by atoms with Crippen LogP contribution in [0.4, 0.5) is 17.5 Å². The van der Waals surface area contributed by atoms with Crippen LogP contribution in [0.5, 0.6) is 0 Å². The normalized spacial score (nSPS) is 19.2. The molecule has 16 aromatic rings. The van der Waals surface area contributed by atoms with Gasteiger partial charge in [0, 0.05) is 43.0 Å². The quantitative estimate of drug-likeness (QED) is 0.0293. The SMILES string of the molecule is CC[C@H]1O[C@@H](n2cnc3c(N)ncnc32)CC1NC(c1ccccc1)(c1ccccc1)c1ccccc1.CC[C@H]1O[C@@H](n2cnc3c(NC(=O)c4ccccc4)ncnc32)CC1NC(c1ccccc1)(c1ccccc1)c1ccccc1.Nc1ncnc2c1ncn2[C@H]1CC(NC(c2ccccc2)(c2ccccc2)c2ccccc2)[C@@H](CO)O1. The zero-order valence-electron chi connectivity index (χ0n) is 65.9. The van der Waals surface area contributed by atoms with Gasteiger partial charge in [0.25, 0.3) is 5.91 Å². The maximum Gasteiger partial charge on any atom is 0.256 e. The van der Waals surface area contributed by atoms with Gasteiger partial charge in [0.05, 0.1) is 60.5 Å². The molecule has 9 atom stereocenters. The van der Waals surface area contributed by atoms with Gasteiger partial charge in [-0.2, -0.15) is 0 Å². The lowest BCUT2D eigenvalue weighted by Crippen LogP contribution is -2.53. The number of nitrogens with zero attached hydrogens (tertiary/aromatic N) is 12. The summed E-state index contributed by atoms with van der Waals surface area (Å²) in [7, 11) is 0. The average molecular weight is 1580 g/mol. The highest BCUT2D eigenvalue weighted by Gasteiger charge is 2.48. The third-order valence-electron chi connectivity index (χ3n) is 23.1. The van der Waals surface area contributed by atoms with Gasteiger partial charge in [-0.3, -0.25) is 34.4 Å². The van der Waals surface area contributed by atoms with Crippen molar-refractivity contribution in [2.45, 2.75) is 118 Å². The summed E-state index contributed by atoms with van der Waals surface area (Å²) in [5.41, 5.74) is 24.6. The van der Waals surface area contributed by atoms with Crippen LogP contribution in [0, 0.1) is 0 Å². The second-order valence-corrected chi connectivity index (χ2v) is 29.9. The highest BCUT2D eigenvalue weighted by molar-refractivity contribution is 6.06. The molecule has 119 heavy (non-hydrogen) atoms. The fourth-order valence-electron chi connectivity index (χ4n) is 17.5. The van der Waals surface area contributed by atoms with E-state index < -0.39 is 22.7 Å². The zero-order valence-corrected chi connectivity index (χ0v) is 65.9. The lowest BCUT2D eigenvalue weighted by atomic mass is 9.76. The molecule has 0 spiro atoms. The summed E-state index contributed by atoms with van der Waals surface area (Å²) in [4.78, 5) is 52.2. The molecule has 23 heteroatoms. The third kappa shape index (κ3) is 15.5. The summed E-state index contributed by atoms with van der Waals surface area (Å²) in [6, 6.07) is 104.